The molecule has 5 nitrogen and oxygen atoms in total. The minimum Gasteiger partial charge on any atom is -0.318 e. The van der Waals surface area contributed by atoms with Crippen LogP contribution in [0.15, 0.2) is 53.4 Å². The lowest BCUT2D eigenvalue weighted by atomic mass is 10.2. The van der Waals surface area contributed by atoms with Gasteiger partial charge in [0.2, 0.25) is 10.0 Å². The number of nitrogens with zero attached hydrogens (tertiary/aromatic N) is 2. The number of hydrogen-bond donors (Lipinski definition) is 1. The van der Waals surface area contributed by atoms with Gasteiger partial charge < -0.3 is 4.90 Å². The van der Waals surface area contributed by atoms with Gasteiger partial charge in [0.15, 0.2) is 5.13 Å². The Labute approximate surface area is 145 Å². The quantitative estimate of drug-likeness (QED) is 0.723. The Morgan fingerprint density at radius 2 is 1.83 bits per heavy atom. The van der Waals surface area contributed by atoms with Crippen molar-refractivity contribution in [3.05, 3.63) is 48.5 Å². The molecule has 0 atom stereocenters. The zero-order chi connectivity index (χ0) is 17.2. The highest BCUT2D eigenvalue weighted by molar-refractivity contribution is 7.89. The van der Waals surface area contributed by atoms with Crippen molar-refractivity contribution in [2.75, 3.05) is 11.4 Å². The molecule has 0 saturated heterocycles. The van der Waals surface area contributed by atoms with Crippen LogP contribution < -0.4 is 10.0 Å². The van der Waals surface area contributed by atoms with Gasteiger partial charge in [-0.2, -0.15) is 0 Å². The number of thiazole rings is 1. The summed E-state index contributed by atoms with van der Waals surface area (Å²) < 4.78 is 24.0. The molecule has 7 heteroatoms. The molecule has 126 valence electrons. The van der Waals surface area contributed by atoms with Crippen LogP contribution in [0.3, 0.4) is 0 Å². The van der Waals surface area contributed by atoms with Crippen LogP contribution in [-0.2, 0) is 10.0 Å². The summed E-state index contributed by atoms with van der Waals surface area (Å²) in [6.07, 6.45) is 2.09. The molecular formula is C17H19N3O2S2. The number of rotatable bonds is 6. The van der Waals surface area contributed by atoms with Gasteiger partial charge in [-0.25, -0.2) is 18.5 Å². The number of nitrogens with two attached hydrogens (primary N) is 1. The lowest BCUT2D eigenvalue weighted by Gasteiger charge is -2.22. The van der Waals surface area contributed by atoms with Crippen molar-refractivity contribution in [3.63, 3.8) is 0 Å². The normalized spacial score (nSPS) is 11.8. The Hall–Kier alpha value is -1.96. The summed E-state index contributed by atoms with van der Waals surface area (Å²) in [5.74, 6) is 0. The van der Waals surface area contributed by atoms with Crippen LogP contribution in [0.2, 0.25) is 0 Å². The van der Waals surface area contributed by atoms with Crippen molar-refractivity contribution in [2.45, 2.75) is 24.7 Å². The Kier molecular flexibility index (Phi) is 4.84. The van der Waals surface area contributed by atoms with Gasteiger partial charge in [-0.15, -0.1) is 0 Å². The van der Waals surface area contributed by atoms with Crippen LogP contribution in [0.4, 0.5) is 10.8 Å². The number of primary sulfonamides is 1. The van der Waals surface area contributed by atoms with Crippen molar-refractivity contribution in [1.82, 2.24) is 4.98 Å². The number of anilines is 2. The van der Waals surface area contributed by atoms with Gasteiger partial charge in [0.05, 0.1) is 15.1 Å². The van der Waals surface area contributed by atoms with Crippen LogP contribution in [0, 0.1) is 0 Å². The van der Waals surface area contributed by atoms with E-state index in [1.807, 2.05) is 18.2 Å². The average molecular weight is 361 g/mol. The fourth-order valence-corrected chi connectivity index (χ4v) is 3.97. The van der Waals surface area contributed by atoms with E-state index in [1.165, 1.54) is 12.1 Å². The predicted molar refractivity (Wildman–Crippen MR) is 99.3 cm³/mol. The zero-order valence-electron chi connectivity index (χ0n) is 13.3. The van der Waals surface area contributed by atoms with E-state index < -0.39 is 10.0 Å². The largest absolute Gasteiger partial charge is 0.318 e. The second kappa shape index (κ2) is 6.88. The van der Waals surface area contributed by atoms with E-state index in [-0.39, 0.29) is 4.90 Å². The number of para-hydroxylation sites is 1. The second-order valence-electron chi connectivity index (χ2n) is 5.51. The van der Waals surface area contributed by atoms with E-state index in [0.29, 0.717) is 0 Å². The summed E-state index contributed by atoms with van der Waals surface area (Å²) in [5.41, 5.74) is 1.88. The van der Waals surface area contributed by atoms with Gasteiger partial charge >= 0.3 is 0 Å². The molecule has 1 aromatic heterocycles. The van der Waals surface area contributed by atoms with Gasteiger partial charge in [0, 0.05) is 12.2 Å². The Morgan fingerprint density at radius 3 is 2.46 bits per heavy atom. The van der Waals surface area contributed by atoms with E-state index in [0.717, 1.165) is 40.4 Å². The zero-order valence-corrected chi connectivity index (χ0v) is 15.0. The summed E-state index contributed by atoms with van der Waals surface area (Å²) in [6, 6.07) is 14.7. The molecule has 2 aromatic carbocycles. The van der Waals surface area contributed by atoms with Crippen molar-refractivity contribution in [1.29, 1.82) is 0 Å². The first kappa shape index (κ1) is 16.9. The van der Waals surface area contributed by atoms with Crippen molar-refractivity contribution < 1.29 is 8.42 Å². The monoisotopic (exact) mass is 361 g/mol. The highest BCUT2D eigenvalue weighted by atomic mass is 32.2. The molecule has 3 rings (SSSR count). The van der Waals surface area contributed by atoms with E-state index >= 15 is 0 Å². The summed E-state index contributed by atoms with van der Waals surface area (Å²) in [6.45, 7) is 2.96. The van der Waals surface area contributed by atoms with Gasteiger partial charge in [0.1, 0.15) is 0 Å². The minimum absolute atomic E-state index is 0.117. The number of aromatic nitrogens is 1. The summed E-state index contributed by atoms with van der Waals surface area (Å²) in [4.78, 5) is 6.96. The van der Waals surface area contributed by atoms with E-state index in [4.69, 9.17) is 10.1 Å². The molecule has 0 aliphatic carbocycles. The Bertz CT molecular complexity index is 901. The molecule has 0 aliphatic heterocycles. The Morgan fingerprint density at radius 1 is 1.12 bits per heavy atom. The van der Waals surface area contributed by atoms with Crippen LogP contribution in [0.1, 0.15) is 19.8 Å². The molecule has 0 unspecified atom stereocenters. The van der Waals surface area contributed by atoms with Crippen molar-refractivity contribution in [2.24, 2.45) is 5.14 Å². The van der Waals surface area contributed by atoms with Gasteiger partial charge in [-0.05, 0) is 42.8 Å². The number of fused-ring (bicyclic) bond motifs is 1. The Balaban J connectivity index is 1.99. The third-order valence-electron chi connectivity index (χ3n) is 3.73. The molecule has 0 saturated carbocycles. The highest BCUT2D eigenvalue weighted by Crippen LogP contribution is 2.33. The molecule has 0 aliphatic rings. The molecule has 0 bridgehead atoms. The van der Waals surface area contributed by atoms with Gasteiger partial charge in [-0.1, -0.05) is 36.8 Å². The van der Waals surface area contributed by atoms with Gasteiger partial charge in [0.25, 0.3) is 0 Å². The maximum absolute atomic E-state index is 11.4. The van der Waals surface area contributed by atoms with Crippen molar-refractivity contribution in [3.8, 4) is 0 Å². The number of sulfonamides is 1. The third-order valence-corrected chi connectivity index (χ3v) is 5.71. The van der Waals surface area contributed by atoms with Crippen LogP contribution >= 0.6 is 11.3 Å². The molecule has 0 amide bonds. The fourth-order valence-electron chi connectivity index (χ4n) is 2.44. The lowest BCUT2D eigenvalue weighted by molar-refractivity contribution is 0.598. The van der Waals surface area contributed by atoms with E-state index in [1.54, 1.807) is 23.5 Å². The maximum Gasteiger partial charge on any atom is 0.238 e. The highest BCUT2D eigenvalue weighted by Gasteiger charge is 2.15. The SMILES string of the molecule is CCCCN(c1ccc(S(N)(=O)=O)cc1)c1nc2ccccc2s1. The molecule has 3 aromatic rings. The molecule has 0 fully saturated rings. The number of benzene rings is 2. The second-order valence-corrected chi connectivity index (χ2v) is 8.08. The standard InChI is InChI=1S/C17H19N3O2S2/c1-2-3-12-20(13-8-10-14(11-9-13)24(18,21)22)17-19-15-6-4-5-7-16(15)23-17/h4-11H,2-3,12H2,1H3,(H2,18,21,22). The van der Waals surface area contributed by atoms with Gasteiger partial charge in [-0.3, -0.25) is 0 Å². The number of unbranched alkanes of at least 4 members (excludes halogenated alkanes) is 1. The first-order chi connectivity index (χ1) is 11.5. The number of hydrogen-bond acceptors (Lipinski definition) is 5. The first-order valence-electron chi connectivity index (χ1n) is 7.75. The first-order valence-corrected chi connectivity index (χ1v) is 10.1. The van der Waals surface area contributed by atoms with E-state index in [2.05, 4.69) is 17.9 Å². The fraction of sp³-hybridized carbons (Fsp3) is 0.235. The lowest BCUT2D eigenvalue weighted by Crippen LogP contribution is -2.18. The summed E-state index contributed by atoms with van der Waals surface area (Å²) in [7, 11) is -3.68. The molecule has 24 heavy (non-hydrogen) atoms. The summed E-state index contributed by atoms with van der Waals surface area (Å²) >= 11 is 1.63. The minimum atomic E-state index is -3.68. The smallest absolute Gasteiger partial charge is 0.238 e. The molecule has 2 N–H and O–H groups in total. The molecule has 0 spiro atoms. The third kappa shape index (κ3) is 3.58. The van der Waals surface area contributed by atoms with Crippen LogP contribution in [-0.4, -0.2) is 19.9 Å². The maximum atomic E-state index is 11.4. The summed E-state index contributed by atoms with van der Waals surface area (Å²) in [5, 5.41) is 6.08. The average Bonchev–Trinajstić information content (AvgIpc) is 2.98. The predicted octanol–water partition coefficient (Wildman–Crippen LogP) is 3.88. The topological polar surface area (TPSA) is 76.3 Å². The van der Waals surface area contributed by atoms with Crippen LogP contribution in [0.5, 0.6) is 0 Å². The van der Waals surface area contributed by atoms with E-state index in [9.17, 15) is 8.42 Å². The van der Waals surface area contributed by atoms with Crippen molar-refractivity contribution >= 4 is 42.4 Å². The molecular weight excluding hydrogens is 342 g/mol. The molecule has 1 heterocycles. The van der Waals surface area contributed by atoms with Crippen LogP contribution in [0.25, 0.3) is 10.2 Å². The molecule has 0 radical (unpaired) electrons.